The molecule has 0 saturated heterocycles. The van der Waals surface area contributed by atoms with Crippen molar-refractivity contribution in [1.82, 2.24) is 4.98 Å². The van der Waals surface area contributed by atoms with Crippen molar-refractivity contribution in [2.45, 2.75) is 11.8 Å². The van der Waals surface area contributed by atoms with E-state index in [2.05, 4.69) is 40.9 Å². The molecule has 0 saturated carbocycles. The topological polar surface area (TPSA) is 50.9 Å². The second kappa shape index (κ2) is 5.11. The van der Waals surface area contributed by atoms with Crippen LogP contribution in [0.1, 0.15) is 5.56 Å². The number of benzene rings is 2. The highest BCUT2D eigenvalue weighted by atomic mass is 32.2. The molecule has 96 valence electrons. The van der Waals surface area contributed by atoms with E-state index in [1.54, 1.807) is 11.9 Å². The van der Waals surface area contributed by atoms with E-state index in [0.717, 1.165) is 20.8 Å². The zero-order chi connectivity index (χ0) is 13.2. The molecule has 1 aromatic heterocycles. The van der Waals surface area contributed by atoms with Gasteiger partial charge in [0, 0.05) is 5.69 Å². The van der Waals surface area contributed by atoms with Crippen LogP contribution < -0.4 is 10.5 Å². The van der Waals surface area contributed by atoms with E-state index in [1.165, 1.54) is 16.9 Å². The fourth-order valence-corrected chi connectivity index (χ4v) is 3.35. The summed E-state index contributed by atoms with van der Waals surface area (Å²) in [6.45, 7) is 2.08. The number of anilines is 2. The van der Waals surface area contributed by atoms with E-state index in [4.69, 9.17) is 5.73 Å². The summed E-state index contributed by atoms with van der Waals surface area (Å²) < 4.78 is 4.45. The number of aryl methyl sites for hydroxylation is 1. The molecule has 0 bridgehead atoms. The molecule has 5 heteroatoms. The predicted octanol–water partition coefficient (Wildman–Crippen LogP) is 4.31. The number of para-hydroxylation sites is 1. The molecule has 3 rings (SSSR count). The molecule has 0 fully saturated rings. The summed E-state index contributed by atoms with van der Waals surface area (Å²) in [5, 5.41) is 0.610. The monoisotopic (exact) mass is 287 g/mol. The van der Waals surface area contributed by atoms with Gasteiger partial charge in [-0.3, -0.25) is 0 Å². The molecular weight excluding hydrogens is 274 g/mol. The van der Waals surface area contributed by atoms with Crippen LogP contribution >= 0.6 is 23.3 Å². The Kier molecular flexibility index (Phi) is 3.31. The molecule has 3 nitrogen and oxygen atoms in total. The van der Waals surface area contributed by atoms with Crippen LogP contribution in [-0.4, -0.2) is 4.98 Å². The lowest BCUT2D eigenvalue weighted by molar-refractivity contribution is 1.41. The number of aromatic nitrogens is 1. The third-order valence-electron chi connectivity index (χ3n) is 2.73. The molecular formula is C14H13N3S2. The first-order chi connectivity index (χ1) is 9.22. The molecule has 0 aliphatic carbocycles. The molecule has 0 aliphatic rings. The van der Waals surface area contributed by atoms with E-state index >= 15 is 0 Å². The van der Waals surface area contributed by atoms with Gasteiger partial charge in [-0.15, -0.1) is 0 Å². The number of nitrogen functional groups attached to an aromatic ring is 1. The zero-order valence-electron chi connectivity index (χ0n) is 10.4. The van der Waals surface area contributed by atoms with Crippen molar-refractivity contribution in [2.75, 3.05) is 10.5 Å². The Balaban J connectivity index is 1.83. The predicted molar refractivity (Wildman–Crippen MR) is 84.7 cm³/mol. The molecule has 1 heterocycles. The Labute approximate surface area is 120 Å². The molecule has 0 atom stereocenters. The lowest BCUT2D eigenvalue weighted by atomic mass is 10.2. The standard InChI is InChI=1S/C14H13N3S2/c1-9-5-7-10(8-6-9)17-19-12-4-2-3-11-13(12)16-14(15)18-11/h2-8,17H,1H3,(H2,15,16). The Morgan fingerprint density at radius 1 is 1.16 bits per heavy atom. The second-order valence-electron chi connectivity index (χ2n) is 4.23. The first kappa shape index (κ1) is 12.3. The van der Waals surface area contributed by atoms with Crippen LogP contribution in [0.4, 0.5) is 10.8 Å². The summed E-state index contributed by atoms with van der Waals surface area (Å²) in [5.41, 5.74) is 9.06. The smallest absolute Gasteiger partial charge is 0.181 e. The molecule has 19 heavy (non-hydrogen) atoms. The van der Waals surface area contributed by atoms with Crippen LogP contribution in [0.15, 0.2) is 47.4 Å². The molecule has 0 unspecified atom stereocenters. The lowest BCUT2D eigenvalue weighted by Gasteiger charge is -2.06. The summed E-state index contributed by atoms with van der Waals surface area (Å²) in [6.07, 6.45) is 0. The van der Waals surface area contributed by atoms with Gasteiger partial charge in [0.1, 0.15) is 0 Å². The number of hydrogen-bond acceptors (Lipinski definition) is 5. The van der Waals surface area contributed by atoms with Crippen molar-refractivity contribution in [3.05, 3.63) is 48.0 Å². The number of nitrogens with one attached hydrogen (secondary N) is 1. The third-order valence-corrected chi connectivity index (χ3v) is 4.47. The maximum Gasteiger partial charge on any atom is 0.181 e. The number of fused-ring (bicyclic) bond motifs is 1. The molecule has 0 radical (unpaired) electrons. The molecule has 3 N–H and O–H groups in total. The molecule has 0 aliphatic heterocycles. The third kappa shape index (κ3) is 2.67. The Bertz CT molecular complexity index is 704. The highest BCUT2D eigenvalue weighted by Gasteiger charge is 2.06. The van der Waals surface area contributed by atoms with Crippen molar-refractivity contribution in [2.24, 2.45) is 0 Å². The molecule has 3 aromatic rings. The normalized spacial score (nSPS) is 10.8. The number of nitrogens with two attached hydrogens (primary N) is 1. The van der Waals surface area contributed by atoms with Crippen molar-refractivity contribution >= 4 is 44.3 Å². The van der Waals surface area contributed by atoms with Gasteiger partial charge in [-0.25, -0.2) is 4.98 Å². The average Bonchev–Trinajstić information content (AvgIpc) is 2.79. The van der Waals surface area contributed by atoms with Gasteiger partial charge in [-0.2, -0.15) is 0 Å². The van der Waals surface area contributed by atoms with E-state index in [9.17, 15) is 0 Å². The summed E-state index contributed by atoms with van der Waals surface area (Å²) in [7, 11) is 0. The van der Waals surface area contributed by atoms with Crippen LogP contribution in [0.3, 0.4) is 0 Å². The van der Waals surface area contributed by atoms with E-state index < -0.39 is 0 Å². The maximum atomic E-state index is 5.76. The summed E-state index contributed by atoms with van der Waals surface area (Å²) in [5.74, 6) is 0. The zero-order valence-corrected chi connectivity index (χ0v) is 12.0. The van der Waals surface area contributed by atoms with Crippen LogP contribution in [0.2, 0.25) is 0 Å². The Morgan fingerprint density at radius 2 is 1.95 bits per heavy atom. The quantitative estimate of drug-likeness (QED) is 0.705. The van der Waals surface area contributed by atoms with Gasteiger partial charge in [-0.05, 0) is 43.1 Å². The molecule has 0 amide bonds. The number of hydrogen-bond donors (Lipinski definition) is 2. The molecule has 0 spiro atoms. The Morgan fingerprint density at radius 3 is 2.74 bits per heavy atom. The average molecular weight is 287 g/mol. The van der Waals surface area contributed by atoms with Crippen molar-refractivity contribution in [3.8, 4) is 0 Å². The highest BCUT2D eigenvalue weighted by Crippen LogP contribution is 2.32. The van der Waals surface area contributed by atoms with Crippen LogP contribution in [0, 0.1) is 6.92 Å². The van der Waals surface area contributed by atoms with Crippen LogP contribution in [0.5, 0.6) is 0 Å². The van der Waals surface area contributed by atoms with Gasteiger partial charge in [0.15, 0.2) is 5.13 Å². The van der Waals surface area contributed by atoms with Crippen molar-refractivity contribution in [1.29, 1.82) is 0 Å². The minimum absolute atomic E-state index is 0.610. The fraction of sp³-hybridized carbons (Fsp3) is 0.0714. The van der Waals surface area contributed by atoms with Gasteiger partial charge < -0.3 is 10.5 Å². The van der Waals surface area contributed by atoms with E-state index in [1.807, 2.05) is 18.2 Å². The van der Waals surface area contributed by atoms with Gasteiger partial charge in [0.05, 0.1) is 15.1 Å². The Hall–Kier alpha value is -1.72. The SMILES string of the molecule is Cc1ccc(NSc2cccc3sc(N)nc23)cc1. The highest BCUT2D eigenvalue weighted by molar-refractivity contribution is 8.00. The van der Waals surface area contributed by atoms with E-state index in [0.29, 0.717) is 5.13 Å². The van der Waals surface area contributed by atoms with Crippen LogP contribution in [0.25, 0.3) is 10.2 Å². The lowest BCUT2D eigenvalue weighted by Crippen LogP contribution is -1.88. The largest absolute Gasteiger partial charge is 0.375 e. The van der Waals surface area contributed by atoms with Gasteiger partial charge in [0.25, 0.3) is 0 Å². The van der Waals surface area contributed by atoms with Crippen molar-refractivity contribution in [3.63, 3.8) is 0 Å². The van der Waals surface area contributed by atoms with Gasteiger partial charge >= 0.3 is 0 Å². The summed E-state index contributed by atoms with van der Waals surface area (Å²) in [4.78, 5) is 5.46. The minimum Gasteiger partial charge on any atom is -0.375 e. The van der Waals surface area contributed by atoms with Gasteiger partial charge in [0.2, 0.25) is 0 Å². The first-order valence-electron chi connectivity index (χ1n) is 5.87. The molecule has 2 aromatic carbocycles. The summed E-state index contributed by atoms with van der Waals surface area (Å²) >= 11 is 3.08. The van der Waals surface area contributed by atoms with E-state index in [-0.39, 0.29) is 0 Å². The fourth-order valence-electron chi connectivity index (χ4n) is 1.76. The second-order valence-corrected chi connectivity index (χ2v) is 6.14. The summed E-state index contributed by atoms with van der Waals surface area (Å²) in [6, 6.07) is 14.4. The van der Waals surface area contributed by atoms with Crippen molar-refractivity contribution < 1.29 is 0 Å². The maximum absolute atomic E-state index is 5.76. The first-order valence-corrected chi connectivity index (χ1v) is 7.50. The van der Waals surface area contributed by atoms with Crippen LogP contribution in [-0.2, 0) is 0 Å². The number of rotatable bonds is 3. The number of nitrogens with zero attached hydrogens (tertiary/aromatic N) is 1. The minimum atomic E-state index is 0.610. The van der Waals surface area contributed by atoms with Gasteiger partial charge in [-0.1, -0.05) is 35.1 Å². The number of thiazole rings is 1.